The summed E-state index contributed by atoms with van der Waals surface area (Å²) in [6.45, 7) is 7.07. The zero-order valence-electron chi connectivity index (χ0n) is 16.1. The summed E-state index contributed by atoms with van der Waals surface area (Å²) in [5, 5.41) is 5.19. The molecule has 0 radical (unpaired) electrons. The molecular formula is C21H24N4OS2. The first-order valence-electron chi connectivity index (χ1n) is 9.49. The Hall–Kier alpha value is -1.96. The molecule has 1 amide bonds. The predicted molar refractivity (Wildman–Crippen MR) is 116 cm³/mol. The summed E-state index contributed by atoms with van der Waals surface area (Å²) in [6, 6.07) is 10.7. The maximum absolute atomic E-state index is 12.5. The highest BCUT2D eigenvalue weighted by Gasteiger charge is 2.24. The molecule has 4 rings (SSSR count). The topological polar surface area (TPSA) is 58.1 Å². The molecule has 1 aliphatic rings. The van der Waals surface area contributed by atoms with Gasteiger partial charge < -0.3 is 5.32 Å². The van der Waals surface area contributed by atoms with E-state index in [1.165, 1.54) is 27.8 Å². The van der Waals surface area contributed by atoms with E-state index in [2.05, 4.69) is 58.3 Å². The first-order valence-corrected chi connectivity index (χ1v) is 11.3. The lowest BCUT2D eigenvalue weighted by atomic mass is 10.2. The van der Waals surface area contributed by atoms with Gasteiger partial charge in [0.2, 0.25) is 5.91 Å². The number of thioether (sulfide) groups is 1. The molecule has 3 aromatic rings. The number of nitrogens with zero attached hydrogens (tertiary/aromatic N) is 3. The summed E-state index contributed by atoms with van der Waals surface area (Å²) in [7, 11) is 0. The predicted octanol–water partition coefficient (Wildman–Crippen LogP) is 3.79. The summed E-state index contributed by atoms with van der Waals surface area (Å²) >= 11 is 3.19. The van der Waals surface area contributed by atoms with Gasteiger partial charge in [-0.25, -0.2) is 9.97 Å². The van der Waals surface area contributed by atoms with Gasteiger partial charge in [0.05, 0.1) is 5.75 Å². The second-order valence-electron chi connectivity index (χ2n) is 7.20. The smallest absolute Gasteiger partial charge is 0.230 e. The number of rotatable bonds is 6. The van der Waals surface area contributed by atoms with Crippen LogP contribution in [0.25, 0.3) is 10.2 Å². The summed E-state index contributed by atoms with van der Waals surface area (Å²) in [5.41, 5.74) is 2.54. The maximum Gasteiger partial charge on any atom is 0.230 e. The normalized spacial score (nSPS) is 17.3. The minimum Gasteiger partial charge on any atom is -0.351 e. The number of fused-ring (bicyclic) bond motifs is 1. The average Bonchev–Trinajstić information content (AvgIpc) is 3.25. The lowest BCUT2D eigenvalue weighted by Gasteiger charge is -2.16. The van der Waals surface area contributed by atoms with Gasteiger partial charge in [0, 0.05) is 35.9 Å². The van der Waals surface area contributed by atoms with Gasteiger partial charge in [0.15, 0.2) is 0 Å². The molecule has 28 heavy (non-hydrogen) atoms. The van der Waals surface area contributed by atoms with Crippen LogP contribution in [0.4, 0.5) is 0 Å². The van der Waals surface area contributed by atoms with Crippen molar-refractivity contribution in [1.82, 2.24) is 20.2 Å². The van der Waals surface area contributed by atoms with Crippen LogP contribution < -0.4 is 5.32 Å². The molecule has 0 saturated carbocycles. The van der Waals surface area contributed by atoms with Gasteiger partial charge in [-0.15, -0.1) is 11.3 Å². The number of benzene rings is 1. The van der Waals surface area contributed by atoms with Crippen LogP contribution in [-0.4, -0.2) is 45.7 Å². The zero-order chi connectivity index (χ0) is 19.5. The number of carbonyl (C=O) groups excluding carboxylic acids is 1. The van der Waals surface area contributed by atoms with Crippen LogP contribution in [0.3, 0.4) is 0 Å². The van der Waals surface area contributed by atoms with Crippen LogP contribution >= 0.6 is 23.1 Å². The number of thiophene rings is 1. The second kappa shape index (κ2) is 8.59. The molecule has 5 nitrogen and oxygen atoms in total. The highest BCUT2D eigenvalue weighted by atomic mass is 32.2. The van der Waals surface area contributed by atoms with E-state index < -0.39 is 0 Å². The fourth-order valence-electron chi connectivity index (χ4n) is 3.60. The van der Waals surface area contributed by atoms with Crippen LogP contribution in [-0.2, 0) is 11.3 Å². The number of carbonyl (C=O) groups is 1. The molecule has 146 valence electrons. The summed E-state index contributed by atoms with van der Waals surface area (Å²) in [4.78, 5) is 25.9. The Labute approximate surface area is 173 Å². The highest BCUT2D eigenvalue weighted by molar-refractivity contribution is 8.00. The number of nitrogens with one attached hydrogen (secondary N) is 1. The standard InChI is InChI=1S/C21H24N4OS2/c1-14-15(2)28-21-19(14)20(22-13-23-21)27-12-18(26)24-17-8-9-25(11-17)10-16-6-4-3-5-7-16/h3-7,13,17H,8-12H2,1-2H3,(H,24,26). The number of aryl methyl sites for hydroxylation is 2. The Bertz CT molecular complexity index is 973. The van der Waals surface area contributed by atoms with Gasteiger partial charge in [0.25, 0.3) is 0 Å². The Balaban J connectivity index is 1.30. The van der Waals surface area contributed by atoms with Crippen molar-refractivity contribution in [2.24, 2.45) is 0 Å². The molecule has 3 heterocycles. The molecular weight excluding hydrogens is 388 g/mol. The molecule has 1 atom stereocenters. The van der Waals surface area contributed by atoms with Crippen molar-refractivity contribution in [1.29, 1.82) is 0 Å². The number of aromatic nitrogens is 2. The third-order valence-electron chi connectivity index (χ3n) is 5.16. The summed E-state index contributed by atoms with van der Waals surface area (Å²) < 4.78 is 0. The summed E-state index contributed by atoms with van der Waals surface area (Å²) in [5.74, 6) is 0.461. The quantitative estimate of drug-likeness (QED) is 0.493. The van der Waals surface area contributed by atoms with Crippen LogP contribution in [0, 0.1) is 13.8 Å². The molecule has 0 bridgehead atoms. The van der Waals surface area contributed by atoms with Gasteiger partial charge in [-0.2, -0.15) is 0 Å². The average molecular weight is 413 g/mol. The molecule has 1 unspecified atom stereocenters. The first-order chi connectivity index (χ1) is 13.6. The van der Waals surface area contributed by atoms with E-state index in [0.29, 0.717) is 5.75 Å². The van der Waals surface area contributed by atoms with Gasteiger partial charge in [-0.3, -0.25) is 9.69 Å². The van der Waals surface area contributed by atoms with E-state index in [0.717, 1.165) is 41.3 Å². The van der Waals surface area contributed by atoms with Crippen LogP contribution in [0.1, 0.15) is 22.4 Å². The molecule has 1 saturated heterocycles. The van der Waals surface area contributed by atoms with Crippen molar-refractivity contribution < 1.29 is 4.79 Å². The minimum absolute atomic E-state index is 0.0768. The van der Waals surface area contributed by atoms with E-state index in [4.69, 9.17) is 0 Å². The van der Waals surface area contributed by atoms with Crippen molar-refractivity contribution >= 4 is 39.2 Å². The molecule has 7 heteroatoms. The maximum atomic E-state index is 12.5. The lowest BCUT2D eigenvalue weighted by Crippen LogP contribution is -2.38. The Morgan fingerprint density at radius 1 is 1.29 bits per heavy atom. The Morgan fingerprint density at radius 3 is 2.93 bits per heavy atom. The molecule has 1 fully saturated rings. The molecule has 1 aliphatic heterocycles. The minimum atomic E-state index is 0.0768. The molecule has 1 aromatic carbocycles. The number of amides is 1. The third-order valence-corrected chi connectivity index (χ3v) is 7.26. The fraction of sp³-hybridized carbons (Fsp3) is 0.381. The molecule has 0 spiro atoms. The van der Waals surface area contributed by atoms with Crippen LogP contribution in [0.15, 0.2) is 41.7 Å². The Morgan fingerprint density at radius 2 is 2.11 bits per heavy atom. The monoisotopic (exact) mass is 412 g/mol. The van der Waals surface area contributed by atoms with E-state index in [1.54, 1.807) is 17.7 Å². The van der Waals surface area contributed by atoms with Gasteiger partial charge in [-0.05, 0) is 31.4 Å². The van der Waals surface area contributed by atoms with Gasteiger partial charge in [-0.1, -0.05) is 42.1 Å². The molecule has 2 aromatic heterocycles. The highest BCUT2D eigenvalue weighted by Crippen LogP contribution is 2.34. The lowest BCUT2D eigenvalue weighted by molar-refractivity contribution is -0.119. The van der Waals surface area contributed by atoms with E-state index >= 15 is 0 Å². The Kier molecular flexibility index (Phi) is 5.94. The summed E-state index contributed by atoms with van der Waals surface area (Å²) in [6.07, 6.45) is 2.60. The van der Waals surface area contributed by atoms with Crippen molar-refractivity contribution in [3.63, 3.8) is 0 Å². The zero-order valence-corrected chi connectivity index (χ0v) is 17.8. The fourth-order valence-corrected chi connectivity index (χ4v) is 5.53. The van der Waals surface area contributed by atoms with E-state index in [1.807, 2.05) is 6.07 Å². The van der Waals surface area contributed by atoms with Crippen molar-refractivity contribution in [3.8, 4) is 0 Å². The van der Waals surface area contributed by atoms with E-state index in [9.17, 15) is 4.79 Å². The molecule has 0 aliphatic carbocycles. The largest absolute Gasteiger partial charge is 0.351 e. The van der Waals surface area contributed by atoms with Crippen molar-refractivity contribution in [2.45, 2.75) is 37.9 Å². The third kappa shape index (κ3) is 4.37. The first kappa shape index (κ1) is 19.4. The molecule has 1 N–H and O–H groups in total. The number of likely N-dealkylation sites (tertiary alicyclic amines) is 1. The van der Waals surface area contributed by atoms with E-state index in [-0.39, 0.29) is 11.9 Å². The number of hydrogen-bond acceptors (Lipinski definition) is 6. The SMILES string of the molecule is Cc1sc2ncnc(SCC(=O)NC3CCN(Cc4ccccc4)C3)c2c1C. The van der Waals surface area contributed by atoms with Crippen LogP contribution in [0.5, 0.6) is 0 Å². The van der Waals surface area contributed by atoms with Crippen molar-refractivity contribution in [3.05, 3.63) is 52.7 Å². The van der Waals surface area contributed by atoms with Gasteiger partial charge >= 0.3 is 0 Å². The number of hydrogen-bond donors (Lipinski definition) is 1. The van der Waals surface area contributed by atoms with Gasteiger partial charge in [0.1, 0.15) is 16.2 Å². The van der Waals surface area contributed by atoms with Crippen LogP contribution in [0.2, 0.25) is 0 Å². The second-order valence-corrected chi connectivity index (χ2v) is 9.37. The van der Waals surface area contributed by atoms with Crippen molar-refractivity contribution in [2.75, 3.05) is 18.8 Å².